The van der Waals surface area contributed by atoms with E-state index >= 15 is 0 Å². The van der Waals surface area contributed by atoms with Crippen molar-refractivity contribution < 1.29 is 9.90 Å². The van der Waals surface area contributed by atoms with Gasteiger partial charge in [0.25, 0.3) is 0 Å². The molecule has 0 spiro atoms. The molecule has 0 radical (unpaired) electrons. The molecule has 1 fully saturated rings. The smallest absolute Gasteiger partial charge is 0.317 e. The van der Waals surface area contributed by atoms with E-state index in [1.54, 1.807) is 4.90 Å². The fourth-order valence-electron chi connectivity index (χ4n) is 1.77. The average Bonchev–Trinajstić information content (AvgIpc) is 2.65. The van der Waals surface area contributed by atoms with Crippen LogP contribution in [0.2, 0.25) is 0 Å². The van der Waals surface area contributed by atoms with Crippen LogP contribution in [-0.4, -0.2) is 41.8 Å². The van der Waals surface area contributed by atoms with Gasteiger partial charge < -0.3 is 15.3 Å². The summed E-state index contributed by atoms with van der Waals surface area (Å²) >= 11 is 0. The van der Waals surface area contributed by atoms with Crippen LogP contribution in [0.4, 0.5) is 4.79 Å². The van der Waals surface area contributed by atoms with Gasteiger partial charge in [-0.2, -0.15) is 0 Å². The molecule has 14 heavy (non-hydrogen) atoms. The van der Waals surface area contributed by atoms with Crippen molar-refractivity contribution in [2.45, 2.75) is 38.6 Å². The fourth-order valence-corrected chi connectivity index (χ4v) is 1.77. The maximum Gasteiger partial charge on any atom is 0.317 e. The summed E-state index contributed by atoms with van der Waals surface area (Å²) in [6.07, 6.45) is 4.04. The molecule has 0 aromatic heterocycles. The number of rotatable bonds is 4. The van der Waals surface area contributed by atoms with Crippen LogP contribution in [0.3, 0.4) is 0 Å². The molecule has 0 saturated carbocycles. The molecule has 0 unspecified atom stereocenters. The van der Waals surface area contributed by atoms with Gasteiger partial charge >= 0.3 is 6.03 Å². The summed E-state index contributed by atoms with van der Waals surface area (Å²) in [4.78, 5) is 13.3. The number of aliphatic hydroxyl groups excluding tert-OH is 1. The highest BCUT2D eigenvalue weighted by atomic mass is 16.3. The van der Waals surface area contributed by atoms with Gasteiger partial charge in [-0.3, -0.25) is 0 Å². The van der Waals surface area contributed by atoms with E-state index in [1.807, 2.05) is 0 Å². The van der Waals surface area contributed by atoms with Gasteiger partial charge in [-0.1, -0.05) is 13.3 Å². The summed E-state index contributed by atoms with van der Waals surface area (Å²) in [5, 5.41) is 11.9. The van der Waals surface area contributed by atoms with Crippen LogP contribution in [0.1, 0.15) is 32.6 Å². The van der Waals surface area contributed by atoms with Crippen molar-refractivity contribution in [3.05, 3.63) is 0 Å². The van der Waals surface area contributed by atoms with Crippen LogP contribution in [0.15, 0.2) is 0 Å². The number of aliphatic hydroxyl groups is 1. The van der Waals surface area contributed by atoms with Crippen molar-refractivity contribution in [1.82, 2.24) is 10.2 Å². The van der Waals surface area contributed by atoms with E-state index in [0.29, 0.717) is 0 Å². The lowest BCUT2D eigenvalue weighted by molar-refractivity contribution is 0.157. The molecule has 1 aliphatic heterocycles. The van der Waals surface area contributed by atoms with Crippen LogP contribution in [0.5, 0.6) is 0 Å². The second-order valence-electron chi connectivity index (χ2n) is 3.76. The topological polar surface area (TPSA) is 52.6 Å². The van der Waals surface area contributed by atoms with Crippen LogP contribution >= 0.6 is 0 Å². The minimum absolute atomic E-state index is 0.0185. The SMILES string of the molecule is CCCCNC(=O)N1CCC[C@H]1CO. The van der Waals surface area contributed by atoms with Gasteiger partial charge in [-0.25, -0.2) is 4.79 Å². The van der Waals surface area contributed by atoms with E-state index in [4.69, 9.17) is 5.11 Å². The van der Waals surface area contributed by atoms with Gasteiger partial charge in [0.15, 0.2) is 0 Å². The second kappa shape index (κ2) is 5.86. The van der Waals surface area contributed by atoms with E-state index in [1.165, 1.54) is 0 Å². The van der Waals surface area contributed by atoms with Gasteiger partial charge in [0.2, 0.25) is 0 Å². The number of hydrogen-bond acceptors (Lipinski definition) is 2. The summed E-state index contributed by atoms with van der Waals surface area (Å²) in [7, 11) is 0. The molecule has 0 aliphatic carbocycles. The van der Waals surface area contributed by atoms with Crippen molar-refractivity contribution in [2.24, 2.45) is 0 Å². The standard InChI is InChI=1S/C10H20N2O2/c1-2-3-6-11-10(14)12-7-4-5-9(12)8-13/h9,13H,2-8H2,1H3,(H,11,14)/t9-/m0/s1. The van der Waals surface area contributed by atoms with Gasteiger partial charge in [0, 0.05) is 13.1 Å². The van der Waals surface area contributed by atoms with Gasteiger partial charge in [0.1, 0.15) is 0 Å². The lowest BCUT2D eigenvalue weighted by Crippen LogP contribution is -2.44. The number of unbranched alkanes of at least 4 members (excludes halogenated alkanes) is 1. The first-order valence-corrected chi connectivity index (χ1v) is 5.45. The molecular weight excluding hydrogens is 180 g/mol. The molecule has 1 rings (SSSR count). The van der Waals surface area contributed by atoms with Crippen LogP contribution < -0.4 is 5.32 Å². The van der Waals surface area contributed by atoms with Crippen molar-refractivity contribution in [1.29, 1.82) is 0 Å². The molecule has 0 bridgehead atoms. The molecule has 4 heteroatoms. The van der Waals surface area contributed by atoms with Crippen molar-refractivity contribution in [2.75, 3.05) is 19.7 Å². The minimum Gasteiger partial charge on any atom is -0.394 e. The first kappa shape index (κ1) is 11.3. The maximum atomic E-state index is 11.6. The Hall–Kier alpha value is -0.770. The minimum atomic E-state index is -0.0185. The number of nitrogens with one attached hydrogen (secondary N) is 1. The number of carbonyl (C=O) groups excluding carboxylic acids is 1. The Morgan fingerprint density at radius 1 is 1.64 bits per heavy atom. The molecule has 0 aromatic rings. The molecule has 0 aromatic carbocycles. The van der Waals surface area contributed by atoms with Crippen LogP contribution in [0.25, 0.3) is 0 Å². The Morgan fingerprint density at radius 2 is 2.43 bits per heavy atom. The first-order chi connectivity index (χ1) is 6.79. The van der Waals surface area contributed by atoms with Gasteiger partial charge in [0.05, 0.1) is 12.6 Å². The second-order valence-corrected chi connectivity index (χ2v) is 3.76. The number of carbonyl (C=O) groups is 1. The van der Waals surface area contributed by atoms with Crippen molar-refractivity contribution in [3.8, 4) is 0 Å². The van der Waals surface area contributed by atoms with E-state index in [2.05, 4.69) is 12.2 Å². The van der Waals surface area contributed by atoms with E-state index < -0.39 is 0 Å². The number of urea groups is 1. The fraction of sp³-hybridized carbons (Fsp3) is 0.900. The Balaban J connectivity index is 2.28. The summed E-state index contributed by atoms with van der Waals surface area (Å²) in [5.41, 5.74) is 0. The number of likely N-dealkylation sites (tertiary alicyclic amines) is 1. The third-order valence-corrected chi connectivity index (χ3v) is 2.66. The Bertz CT molecular complexity index is 185. The molecule has 2 amide bonds. The summed E-state index contributed by atoms with van der Waals surface area (Å²) < 4.78 is 0. The Kier molecular flexibility index (Phi) is 4.73. The maximum absolute atomic E-state index is 11.6. The van der Waals surface area contributed by atoms with Crippen LogP contribution in [-0.2, 0) is 0 Å². The zero-order valence-electron chi connectivity index (χ0n) is 8.83. The predicted octanol–water partition coefficient (Wildman–Crippen LogP) is 0.953. The quantitative estimate of drug-likeness (QED) is 0.664. The van der Waals surface area contributed by atoms with Crippen LogP contribution in [0, 0.1) is 0 Å². The lowest BCUT2D eigenvalue weighted by Gasteiger charge is -2.23. The molecular formula is C10H20N2O2. The summed E-state index contributed by atoms with van der Waals surface area (Å²) in [5.74, 6) is 0. The van der Waals surface area contributed by atoms with E-state index in [0.717, 1.165) is 38.8 Å². The molecule has 1 aliphatic rings. The Labute approximate surface area is 85.3 Å². The monoisotopic (exact) mass is 200 g/mol. The number of amides is 2. The highest BCUT2D eigenvalue weighted by Crippen LogP contribution is 2.16. The first-order valence-electron chi connectivity index (χ1n) is 5.45. The molecule has 2 N–H and O–H groups in total. The van der Waals surface area contributed by atoms with Crippen molar-refractivity contribution >= 4 is 6.03 Å². The van der Waals surface area contributed by atoms with Gasteiger partial charge in [-0.05, 0) is 19.3 Å². The largest absolute Gasteiger partial charge is 0.394 e. The third-order valence-electron chi connectivity index (χ3n) is 2.66. The average molecular weight is 200 g/mol. The lowest BCUT2D eigenvalue weighted by atomic mass is 10.2. The third kappa shape index (κ3) is 2.87. The van der Waals surface area contributed by atoms with Gasteiger partial charge in [-0.15, -0.1) is 0 Å². The normalized spacial score (nSPS) is 21.3. The molecule has 1 atom stereocenters. The molecule has 1 saturated heterocycles. The van der Waals surface area contributed by atoms with E-state index in [9.17, 15) is 4.79 Å². The van der Waals surface area contributed by atoms with Crippen molar-refractivity contribution in [3.63, 3.8) is 0 Å². The highest BCUT2D eigenvalue weighted by molar-refractivity contribution is 5.74. The zero-order valence-corrected chi connectivity index (χ0v) is 8.83. The molecule has 1 heterocycles. The summed E-state index contributed by atoms with van der Waals surface area (Å²) in [6, 6.07) is 0.0200. The Morgan fingerprint density at radius 3 is 3.07 bits per heavy atom. The predicted molar refractivity (Wildman–Crippen MR) is 55.1 cm³/mol. The number of hydrogen-bond donors (Lipinski definition) is 2. The molecule has 82 valence electrons. The zero-order chi connectivity index (χ0) is 10.4. The number of nitrogens with zero attached hydrogens (tertiary/aromatic N) is 1. The van der Waals surface area contributed by atoms with E-state index in [-0.39, 0.29) is 18.7 Å². The molecule has 4 nitrogen and oxygen atoms in total. The summed E-state index contributed by atoms with van der Waals surface area (Å²) in [6.45, 7) is 3.70. The highest BCUT2D eigenvalue weighted by Gasteiger charge is 2.27.